The van der Waals surface area contributed by atoms with Gasteiger partial charge in [0.05, 0.1) is 0 Å². The minimum Gasteiger partial charge on any atom is -0.357 e. The molecule has 1 aromatic carbocycles. The average molecular weight is 432 g/mol. The number of pyridine rings is 1. The third-order valence-corrected chi connectivity index (χ3v) is 6.87. The Balaban J connectivity index is 1.27. The van der Waals surface area contributed by atoms with Gasteiger partial charge in [0.1, 0.15) is 17.3 Å². The van der Waals surface area contributed by atoms with Crippen molar-refractivity contribution in [2.75, 3.05) is 18.0 Å². The minimum atomic E-state index is -4.43. The molecule has 1 saturated heterocycles. The summed E-state index contributed by atoms with van der Waals surface area (Å²) in [5.74, 6) is 0.976. The van der Waals surface area contributed by atoms with Gasteiger partial charge in [-0.3, -0.25) is 0 Å². The monoisotopic (exact) mass is 432 g/mol. The van der Waals surface area contributed by atoms with E-state index in [4.69, 9.17) is 0 Å². The molecular formula is C23H24F4N4. The highest BCUT2D eigenvalue weighted by Gasteiger charge is 2.43. The third kappa shape index (κ3) is 3.78. The minimum absolute atomic E-state index is 0.248. The van der Waals surface area contributed by atoms with Gasteiger partial charge in [-0.1, -0.05) is 6.07 Å². The Morgan fingerprint density at radius 2 is 2.00 bits per heavy atom. The van der Waals surface area contributed by atoms with E-state index in [9.17, 15) is 17.6 Å². The van der Waals surface area contributed by atoms with Gasteiger partial charge in [0.25, 0.3) is 0 Å². The standard InChI is InChI=1S/C23H24F4N4/c1-13-16-9-15(24)6-8-19(16)29-20(13)10-28-18-7-5-14-11-31(12-17(14)18)22-4-2-3-21(30-22)23(25,26)27/h2-4,6,8-9,14,17-18,28-29H,5,7,10-12H2,1H3/t14-,17+,18+/m1/s1. The van der Waals surface area contributed by atoms with Crippen molar-refractivity contribution < 1.29 is 17.6 Å². The summed E-state index contributed by atoms with van der Waals surface area (Å²) in [5.41, 5.74) is 2.15. The number of benzene rings is 1. The van der Waals surface area contributed by atoms with Crippen LogP contribution >= 0.6 is 0 Å². The van der Waals surface area contributed by atoms with Crippen LogP contribution in [-0.4, -0.2) is 29.1 Å². The second-order valence-corrected chi connectivity index (χ2v) is 8.69. The molecule has 8 heteroatoms. The van der Waals surface area contributed by atoms with Gasteiger partial charge >= 0.3 is 6.18 Å². The van der Waals surface area contributed by atoms with E-state index in [0.29, 0.717) is 36.8 Å². The normalized spacial score (nSPS) is 23.6. The zero-order valence-electron chi connectivity index (χ0n) is 17.1. The molecular weight excluding hydrogens is 408 g/mol. The lowest BCUT2D eigenvalue weighted by molar-refractivity contribution is -0.141. The number of alkyl halides is 3. The van der Waals surface area contributed by atoms with Crippen LogP contribution in [0.1, 0.15) is 29.8 Å². The number of nitrogens with zero attached hydrogens (tertiary/aromatic N) is 2. The average Bonchev–Trinajstić information content (AvgIpc) is 3.40. The summed E-state index contributed by atoms with van der Waals surface area (Å²) in [7, 11) is 0. The summed E-state index contributed by atoms with van der Waals surface area (Å²) < 4.78 is 52.6. The van der Waals surface area contributed by atoms with Gasteiger partial charge < -0.3 is 15.2 Å². The second kappa shape index (κ2) is 7.51. The molecule has 2 aromatic heterocycles. The smallest absolute Gasteiger partial charge is 0.357 e. The summed E-state index contributed by atoms with van der Waals surface area (Å²) in [6.45, 7) is 4.08. The number of aromatic amines is 1. The van der Waals surface area contributed by atoms with E-state index in [2.05, 4.69) is 15.3 Å². The largest absolute Gasteiger partial charge is 0.433 e. The highest BCUT2D eigenvalue weighted by Crippen LogP contribution is 2.40. The lowest BCUT2D eigenvalue weighted by Gasteiger charge is -2.23. The number of aromatic nitrogens is 2. The molecule has 1 aliphatic heterocycles. The number of aryl methyl sites for hydroxylation is 1. The van der Waals surface area contributed by atoms with Gasteiger partial charge in [0.15, 0.2) is 0 Å². The number of fused-ring (bicyclic) bond motifs is 2. The molecule has 0 radical (unpaired) electrons. The molecule has 1 saturated carbocycles. The summed E-state index contributed by atoms with van der Waals surface area (Å²) in [4.78, 5) is 9.21. The number of hydrogen-bond acceptors (Lipinski definition) is 3. The molecule has 2 fully saturated rings. The Kier molecular flexibility index (Phi) is 4.92. The highest BCUT2D eigenvalue weighted by atomic mass is 19.4. The van der Waals surface area contributed by atoms with Crippen molar-refractivity contribution in [1.82, 2.24) is 15.3 Å². The number of halogens is 4. The molecule has 31 heavy (non-hydrogen) atoms. The first-order chi connectivity index (χ1) is 14.8. The topological polar surface area (TPSA) is 44.0 Å². The molecule has 0 spiro atoms. The Hall–Kier alpha value is -2.61. The van der Waals surface area contributed by atoms with Crippen molar-refractivity contribution in [1.29, 1.82) is 0 Å². The first-order valence-corrected chi connectivity index (χ1v) is 10.6. The molecule has 4 nitrogen and oxygen atoms in total. The first kappa shape index (κ1) is 20.3. The van der Waals surface area contributed by atoms with Crippen LogP contribution in [0, 0.1) is 24.6 Å². The first-order valence-electron chi connectivity index (χ1n) is 10.6. The molecule has 0 bridgehead atoms. The van der Waals surface area contributed by atoms with Crippen molar-refractivity contribution >= 4 is 16.7 Å². The van der Waals surface area contributed by atoms with Crippen molar-refractivity contribution in [2.24, 2.45) is 11.8 Å². The molecule has 0 amide bonds. The Bertz CT molecular complexity index is 1110. The zero-order chi connectivity index (χ0) is 21.8. The maximum atomic E-state index is 13.6. The van der Waals surface area contributed by atoms with E-state index in [1.54, 1.807) is 18.2 Å². The van der Waals surface area contributed by atoms with Crippen molar-refractivity contribution in [3.63, 3.8) is 0 Å². The fourth-order valence-electron chi connectivity index (χ4n) is 5.23. The molecule has 1 aliphatic carbocycles. The van der Waals surface area contributed by atoms with Crippen molar-refractivity contribution in [2.45, 2.75) is 38.5 Å². The Morgan fingerprint density at radius 1 is 1.16 bits per heavy atom. The Morgan fingerprint density at radius 3 is 2.81 bits per heavy atom. The zero-order valence-corrected chi connectivity index (χ0v) is 17.1. The molecule has 5 rings (SSSR count). The van der Waals surface area contributed by atoms with E-state index in [1.165, 1.54) is 12.1 Å². The van der Waals surface area contributed by atoms with Crippen LogP contribution in [0.5, 0.6) is 0 Å². The number of nitrogens with one attached hydrogen (secondary N) is 2. The van der Waals surface area contributed by atoms with Crippen LogP contribution in [0.2, 0.25) is 0 Å². The van der Waals surface area contributed by atoms with Crippen LogP contribution in [0.15, 0.2) is 36.4 Å². The summed E-state index contributed by atoms with van der Waals surface area (Å²) in [6, 6.07) is 9.15. The second-order valence-electron chi connectivity index (χ2n) is 8.69. The van der Waals surface area contributed by atoms with Crippen LogP contribution < -0.4 is 10.2 Å². The quantitative estimate of drug-likeness (QED) is 0.568. The number of rotatable bonds is 4. The summed E-state index contributed by atoms with van der Waals surface area (Å²) >= 11 is 0. The molecule has 2 N–H and O–H groups in total. The van der Waals surface area contributed by atoms with Gasteiger partial charge in [0.2, 0.25) is 0 Å². The Labute approximate surface area is 177 Å². The fourth-order valence-corrected chi connectivity index (χ4v) is 5.23. The lowest BCUT2D eigenvalue weighted by atomic mass is 9.98. The summed E-state index contributed by atoms with van der Waals surface area (Å²) in [5, 5.41) is 4.53. The van der Waals surface area contributed by atoms with Crippen LogP contribution in [0.3, 0.4) is 0 Å². The molecule has 0 unspecified atom stereocenters. The lowest BCUT2D eigenvalue weighted by Crippen LogP contribution is -2.35. The molecule has 3 heterocycles. The van der Waals surface area contributed by atoms with Crippen molar-refractivity contribution in [3.05, 3.63) is 59.2 Å². The van der Waals surface area contributed by atoms with E-state index < -0.39 is 11.9 Å². The fraction of sp³-hybridized carbons (Fsp3) is 0.435. The van der Waals surface area contributed by atoms with Gasteiger partial charge in [-0.25, -0.2) is 9.37 Å². The van der Waals surface area contributed by atoms with Gasteiger partial charge in [-0.15, -0.1) is 0 Å². The summed E-state index contributed by atoms with van der Waals surface area (Å²) in [6.07, 6.45) is -2.34. The predicted octanol–water partition coefficient (Wildman–Crippen LogP) is 5.03. The van der Waals surface area contributed by atoms with E-state index in [-0.39, 0.29) is 5.82 Å². The van der Waals surface area contributed by atoms with Gasteiger partial charge in [-0.05, 0) is 67.5 Å². The third-order valence-electron chi connectivity index (χ3n) is 6.87. The van der Waals surface area contributed by atoms with Crippen molar-refractivity contribution in [3.8, 4) is 0 Å². The molecule has 2 aliphatic rings. The molecule has 3 aromatic rings. The van der Waals surface area contributed by atoms with E-state index in [1.807, 2.05) is 11.8 Å². The SMILES string of the molecule is Cc1c(CN[C@H]2CC[C@@H]3CN(c4cccc(C(F)(F)F)n4)C[C@@H]32)[nH]c2ccc(F)cc12. The highest BCUT2D eigenvalue weighted by molar-refractivity contribution is 5.84. The van der Waals surface area contributed by atoms with Gasteiger partial charge in [0, 0.05) is 42.3 Å². The number of anilines is 1. The van der Waals surface area contributed by atoms with Gasteiger partial charge in [-0.2, -0.15) is 13.2 Å². The predicted molar refractivity (Wildman–Crippen MR) is 111 cm³/mol. The van der Waals surface area contributed by atoms with E-state index in [0.717, 1.165) is 47.6 Å². The molecule has 3 atom stereocenters. The maximum Gasteiger partial charge on any atom is 0.433 e. The number of H-pyrrole nitrogens is 1. The van der Waals surface area contributed by atoms with Crippen LogP contribution in [-0.2, 0) is 12.7 Å². The van der Waals surface area contributed by atoms with E-state index >= 15 is 0 Å². The number of hydrogen-bond donors (Lipinski definition) is 2. The molecule has 164 valence electrons. The van der Waals surface area contributed by atoms with Crippen LogP contribution in [0.25, 0.3) is 10.9 Å². The maximum absolute atomic E-state index is 13.6. The van der Waals surface area contributed by atoms with Crippen LogP contribution in [0.4, 0.5) is 23.4 Å².